The summed E-state index contributed by atoms with van der Waals surface area (Å²) in [7, 11) is -1.96. The van der Waals surface area contributed by atoms with Crippen molar-refractivity contribution in [1.82, 2.24) is 0 Å². The standard InChI is InChI=1S/C24H18ClF3N2O7P/c1-3-14-11-18(30(32)33)21(13-20(14)36-19-10-9-16(12-17(19)25)24(26,27)28)38(34)37-29-22(23(31)35-2)15-7-5-4-6-8-15/h4-13H,3H2,1-2H3/q+1. The molecule has 0 aliphatic heterocycles. The van der Waals surface area contributed by atoms with Crippen LogP contribution in [0, 0.1) is 10.1 Å². The Kier molecular flexibility index (Phi) is 9.03. The van der Waals surface area contributed by atoms with Crippen LogP contribution in [-0.4, -0.2) is 23.7 Å². The van der Waals surface area contributed by atoms with Crippen molar-refractivity contribution in [2.45, 2.75) is 19.5 Å². The van der Waals surface area contributed by atoms with Gasteiger partial charge in [-0.05, 0) is 34.3 Å². The molecule has 0 aromatic heterocycles. The summed E-state index contributed by atoms with van der Waals surface area (Å²) in [6, 6.07) is 12.5. The normalized spacial score (nSPS) is 12.1. The highest BCUT2D eigenvalue weighted by Gasteiger charge is 2.38. The maximum Gasteiger partial charge on any atom is 0.629 e. The van der Waals surface area contributed by atoms with E-state index in [0.717, 1.165) is 31.4 Å². The zero-order chi connectivity index (χ0) is 28.0. The number of oxime groups is 1. The fourth-order valence-electron chi connectivity index (χ4n) is 3.17. The minimum absolute atomic E-state index is 0.0538. The summed E-state index contributed by atoms with van der Waals surface area (Å²) in [5.41, 5.74) is -1.35. The molecule has 0 aliphatic rings. The number of nitro groups is 1. The van der Waals surface area contributed by atoms with E-state index in [1.165, 1.54) is 12.1 Å². The van der Waals surface area contributed by atoms with Crippen LogP contribution in [0.2, 0.25) is 5.02 Å². The van der Waals surface area contributed by atoms with Gasteiger partial charge in [0.25, 0.3) is 0 Å². The first kappa shape index (κ1) is 28.5. The van der Waals surface area contributed by atoms with E-state index in [2.05, 4.69) is 9.89 Å². The lowest BCUT2D eigenvalue weighted by atomic mass is 10.1. The van der Waals surface area contributed by atoms with Gasteiger partial charge in [0, 0.05) is 23.3 Å². The van der Waals surface area contributed by atoms with Crippen LogP contribution in [0.5, 0.6) is 11.5 Å². The van der Waals surface area contributed by atoms with E-state index in [-0.39, 0.29) is 39.8 Å². The maximum absolute atomic E-state index is 13.0. The fraction of sp³-hybridized carbons (Fsp3) is 0.167. The summed E-state index contributed by atoms with van der Waals surface area (Å²) < 4.78 is 67.2. The van der Waals surface area contributed by atoms with Crippen molar-refractivity contribution in [1.29, 1.82) is 0 Å². The number of alkyl halides is 3. The van der Waals surface area contributed by atoms with Crippen LogP contribution >= 0.6 is 19.6 Å². The Balaban J connectivity index is 2.02. The zero-order valence-corrected chi connectivity index (χ0v) is 21.3. The van der Waals surface area contributed by atoms with Crippen molar-refractivity contribution >= 4 is 42.3 Å². The Labute approximate surface area is 219 Å². The third kappa shape index (κ3) is 6.64. The predicted octanol–water partition coefficient (Wildman–Crippen LogP) is 6.58. The van der Waals surface area contributed by atoms with Gasteiger partial charge in [-0.2, -0.15) is 13.2 Å². The van der Waals surface area contributed by atoms with E-state index < -0.39 is 41.7 Å². The van der Waals surface area contributed by atoms with Crippen molar-refractivity contribution in [3.8, 4) is 11.5 Å². The van der Waals surface area contributed by atoms with Crippen LogP contribution in [0.3, 0.4) is 0 Å². The Morgan fingerprint density at radius 1 is 1.11 bits per heavy atom. The molecule has 1 unspecified atom stereocenters. The topological polar surface area (TPSA) is 117 Å². The van der Waals surface area contributed by atoms with Crippen molar-refractivity contribution in [2.24, 2.45) is 5.16 Å². The Morgan fingerprint density at radius 2 is 1.79 bits per heavy atom. The molecule has 3 aromatic carbocycles. The van der Waals surface area contributed by atoms with E-state index in [9.17, 15) is 32.6 Å². The Bertz CT molecular complexity index is 1420. The SMILES string of the molecule is CCc1cc([N+](=O)[O-])c([P+](=O)ON=C(C(=O)OC)c2ccccc2)cc1Oc1ccc(C(F)(F)F)cc1Cl. The number of hydrogen-bond donors (Lipinski definition) is 0. The first-order chi connectivity index (χ1) is 18.0. The van der Waals surface area contributed by atoms with Crippen LogP contribution in [0.1, 0.15) is 23.6 Å². The van der Waals surface area contributed by atoms with Gasteiger partial charge in [0.05, 0.1) is 22.6 Å². The lowest BCUT2D eigenvalue weighted by molar-refractivity contribution is -0.383. The number of carbonyl (C=O) groups is 1. The summed E-state index contributed by atoms with van der Waals surface area (Å²) in [5, 5.41) is 14.5. The highest BCUT2D eigenvalue weighted by atomic mass is 35.5. The Hall–Kier alpha value is -4.02. The van der Waals surface area contributed by atoms with E-state index in [0.29, 0.717) is 6.07 Å². The number of carbonyl (C=O) groups excluding carboxylic acids is 1. The predicted molar refractivity (Wildman–Crippen MR) is 132 cm³/mol. The van der Waals surface area contributed by atoms with E-state index >= 15 is 0 Å². The van der Waals surface area contributed by atoms with E-state index in [1.807, 2.05) is 0 Å². The molecule has 0 spiro atoms. The summed E-state index contributed by atoms with van der Waals surface area (Å²) in [6.45, 7) is 1.66. The van der Waals surface area contributed by atoms with Crippen LogP contribution in [-0.2, 0) is 31.3 Å². The molecule has 0 fully saturated rings. The van der Waals surface area contributed by atoms with Gasteiger partial charge >= 0.3 is 31.2 Å². The summed E-state index contributed by atoms with van der Waals surface area (Å²) in [6.07, 6.45) is -4.42. The second-order valence-electron chi connectivity index (χ2n) is 7.44. The first-order valence-corrected chi connectivity index (χ1v) is 12.2. The number of methoxy groups -OCH3 is 1. The molecular weight excluding hydrogens is 552 g/mol. The lowest BCUT2D eigenvalue weighted by Gasteiger charge is -2.13. The van der Waals surface area contributed by atoms with Gasteiger partial charge in [0.1, 0.15) is 11.5 Å². The van der Waals surface area contributed by atoms with Gasteiger partial charge in [-0.25, -0.2) is 4.79 Å². The summed E-state index contributed by atoms with van der Waals surface area (Å²) >= 11 is 5.97. The third-order valence-corrected chi connectivity index (χ3v) is 6.32. The third-order valence-electron chi connectivity index (χ3n) is 5.04. The van der Waals surface area contributed by atoms with Crippen molar-refractivity contribution in [3.63, 3.8) is 0 Å². The lowest BCUT2D eigenvalue weighted by Crippen LogP contribution is -2.17. The highest BCUT2D eigenvalue weighted by molar-refractivity contribution is 7.48. The highest BCUT2D eigenvalue weighted by Crippen LogP contribution is 2.39. The molecule has 198 valence electrons. The van der Waals surface area contributed by atoms with Crippen molar-refractivity contribution < 1.29 is 41.6 Å². The molecule has 0 saturated carbocycles. The van der Waals surface area contributed by atoms with Gasteiger partial charge in [0.2, 0.25) is 0 Å². The van der Waals surface area contributed by atoms with Crippen LogP contribution in [0.15, 0.2) is 65.8 Å². The minimum Gasteiger partial charge on any atom is -0.464 e. The number of ether oxygens (including phenoxy) is 2. The molecule has 0 saturated heterocycles. The smallest absolute Gasteiger partial charge is 0.464 e. The van der Waals surface area contributed by atoms with E-state index in [4.69, 9.17) is 21.0 Å². The van der Waals surface area contributed by atoms with Gasteiger partial charge < -0.3 is 9.47 Å². The molecule has 0 amide bonds. The molecule has 9 nitrogen and oxygen atoms in total. The van der Waals surface area contributed by atoms with Gasteiger partial charge in [0.15, 0.2) is 5.71 Å². The van der Waals surface area contributed by atoms with Crippen molar-refractivity contribution in [2.75, 3.05) is 7.11 Å². The summed E-state index contributed by atoms with van der Waals surface area (Å²) in [4.78, 5) is 23.1. The van der Waals surface area contributed by atoms with E-state index in [1.54, 1.807) is 25.1 Å². The van der Waals surface area contributed by atoms with Gasteiger partial charge in [-0.3, -0.25) is 10.1 Å². The van der Waals surface area contributed by atoms with Crippen LogP contribution in [0.25, 0.3) is 0 Å². The largest absolute Gasteiger partial charge is 0.629 e. The molecule has 0 radical (unpaired) electrons. The minimum atomic E-state index is -4.63. The number of halogens is 4. The molecule has 38 heavy (non-hydrogen) atoms. The molecule has 1 atom stereocenters. The number of aryl methyl sites for hydroxylation is 1. The first-order valence-electron chi connectivity index (χ1n) is 10.7. The molecular formula is C24H18ClF3N2O7P+. The average Bonchev–Trinajstić information content (AvgIpc) is 2.89. The number of rotatable bonds is 9. The molecule has 3 aromatic rings. The van der Waals surface area contributed by atoms with Crippen LogP contribution in [0.4, 0.5) is 18.9 Å². The molecule has 0 bridgehead atoms. The molecule has 3 rings (SSSR count). The number of nitro benzene ring substituents is 1. The van der Waals surface area contributed by atoms with Crippen molar-refractivity contribution in [3.05, 3.63) is 92.5 Å². The molecule has 14 heteroatoms. The number of nitrogens with zero attached hydrogens (tertiary/aromatic N) is 2. The molecule has 0 N–H and O–H groups in total. The monoisotopic (exact) mass is 569 g/mol. The Morgan fingerprint density at radius 3 is 2.34 bits per heavy atom. The second-order valence-corrected chi connectivity index (χ2v) is 9.01. The average molecular weight is 570 g/mol. The zero-order valence-electron chi connectivity index (χ0n) is 19.7. The van der Waals surface area contributed by atoms with Gasteiger partial charge in [-0.1, -0.05) is 48.9 Å². The number of benzene rings is 3. The van der Waals surface area contributed by atoms with Gasteiger partial charge in [-0.15, -0.1) is 4.62 Å². The molecule has 0 heterocycles. The number of esters is 1. The molecule has 0 aliphatic carbocycles. The maximum atomic E-state index is 13.0. The number of hydrogen-bond acceptors (Lipinski definition) is 8. The second kappa shape index (κ2) is 12.0. The fourth-order valence-corrected chi connectivity index (χ4v) is 4.18. The summed E-state index contributed by atoms with van der Waals surface area (Å²) in [5.74, 6) is -1.13. The van der Waals surface area contributed by atoms with Crippen LogP contribution < -0.4 is 10.0 Å². The quantitative estimate of drug-likeness (QED) is 0.0938.